The van der Waals surface area contributed by atoms with Gasteiger partial charge in [0.05, 0.1) is 0 Å². The molecule has 0 aliphatic heterocycles. The average molecular weight is 469 g/mol. The Balaban J connectivity index is -0.0000000630. The van der Waals surface area contributed by atoms with Gasteiger partial charge in [0, 0.05) is 26.7 Å². The van der Waals surface area contributed by atoms with Gasteiger partial charge in [0.2, 0.25) is 12.1 Å². The van der Waals surface area contributed by atoms with Crippen LogP contribution in [0.25, 0.3) is 9.69 Å². The molecule has 2 unspecified atom stereocenters. The van der Waals surface area contributed by atoms with E-state index in [9.17, 15) is 0 Å². The van der Waals surface area contributed by atoms with Crippen molar-refractivity contribution in [1.82, 2.24) is 0 Å². The van der Waals surface area contributed by atoms with Crippen LogP contribution in [0, 0.1) is 48.6 Å². The van der Waals surface area contributed by atoms with Crippen molar-refractivity contribution in [3.63, 3.8) is 0 Å². The first-order chi connectivity index (χ1) is 9.33. The molecule has 0 aromatic heterocycles. The Morgan fingerprint density at radius 2 is 0.857 bits per heavy atom. The number of nitrogens with zero attached hydrogens (tertiary/aromatic N) is 4. The molecule has 0 N–H and O–H groups in total. The van der Waals surface area contributed by atoms with Crippen LogP contribution in [0.3, 0.4) is 0 Å². The van der Waals surface area contributed by atoms with Crippen molar-refractivity contribution >= 4 is 0 Å². The number of hydrogen-bond donors (Lipinski definition) is 0. The third-order valence-electron chi connectivity index (χ3n) is 2.07. The van der Waals surface area contributed by atoms with Gasteiger partial charge >= 0.3 is 21.1 Å². The summed E-state index contributed by atoms with van der Waals surface area (Å²) in [6.07, 6.45) is 2.06. The average Bonchev–Trinajstić information content (AvgIpc) is 2.42. The van der Waals surface area contributed by atoms with Crippen LogP contribution in [0.2, 0.25) is 0 Å². The van der Waals surface area contributed by atoms with Crippen molar-refractivity contribution in [2.24, 2.45) is 11.8 Å². The number of rotatable bonds is 4. The molecule has 0 saturated carbocycles. The van der Waals surface area contributed by atoms with Gasteiger partial charge in [0.15, 0.2) is 0 Å². The molecule has 0 radical (unpaired) electrons. The van der Waals surface area contributed by atoms with Crippen LogP contribution in [0.1, 0.15) is 54.4 Å². The zero-order valence-corrected chi connectivity index (χ0v) is 16.1. The van der Waals surface area contributed by atoms with Crippen molar-refractivity contribution < 1.29 is 21.1 Å². The van der Waals surface area contributed by atoms with Gasteiger partial charge in [0.1, 0.15) is 0 Å². The van der Waals surface area contributed by atoms with Gasteiger partial charge in [-0.05, 0) is 11.8 Å². The molecule has 120 valence electrons. The standard InChI is InChI=1S/2C7H13N.2CN.Pt/c2*1-6(2)5-7(3)8-4;2*1-2;/h2*6-7H,5H2,1-3H3;;;/q;;2*-1;+2. The van der Waals surface area contributed by atoms with E-state index >= 15 is 0 Å². The SMILES string of the molecule is [C-]#N.[C-]#N.[C-]#[N+]C(C)CC(C)C.[C-]#[N+]C(C)CC(C)C.[Pt+2]. The fourth-order valence-electron chi connectivity index (χ4n) is 1.47. The van der Waals surface area contributed by atoms with Crippen LogP contribution in [0.15, 0.2) is 0 Å². The maximum Gasteiger partial charge on any atom is 2.00 e. The molecule has 21 heavy (non-hydrogen) atoms. The van der Waals surface area contributed by atoms with Crippen LogP contribution in [-0.2, 0) is 21.1 Å². The van der Waals surface area contributed by atoms with E-state index in [4.69, 9.17) is 36.8 Å². The van der Waals surface area contributed by atoms with Crippen molar-refractivity contribution in [3.05, 3.63) is 36.0 Å². The summed E-state index contributed by atoms with van der Waals surface area (Å²) in [6.45, 7) is 35.2. The third kappa shape index (κ3) is 45.6. The Morgan fingerprint density at radius 3 is 0.905 bits per heavy atom. The molecule has 0 saturated heterocycles. The molecule has 5 heteroatoms. The van der Waals surface area contributed by atoms with E-state index < -0.39 is 0 Å². The van der Waals surface area contributed by atoms with Gasteiger partial charge in [-0.3, -0.25) is 0 Å². The second kappa shape index (κ2) is 27.1. The van der Waals surface area contributed by atoms with Crippen molar-refractivity contribution in [2.75, 3.05) is 0 Å². The van der Waals surface area contributed by atoms with E-state index in [1.807, 2.05) is 13.8 Å². The molecule has 0 aromatic carbocycles. The summed E-state index contributed by atoms with van der Waals surface area (Å²) in [5.74, 6) is 1.33. The summed E-state index contributed by atoms with van der Waals surface area (Å²) in [6, 6.07) is 0.435. The first-order valence-electron chi connectivity index (χ1n) is 6.51. The zero-order chi connectivity index (χ0) is 17.1. The van der Waals surface area contributed by atoms with Crippen molar-refractivity contribution in [2.45, 2.75) is 66.5 Å². The Hall–Kier alpha value is -1.35. The minimum Gasteiger partial charge on any atom is -0.512 e. The second-order valence-electron chi connectivity index (χ2n) is 5.22. The summed E-state index contributed by atoms with van der Waals surface area (Å²) < 4.78 is 0. The predicted molar refractivity (Wildman–Crippen MR) is 81.0 cm³/mol. The normalized spacial score (nSPS) is 10.4. The molecule has 0 aliphatic rings. The fourth-order valence-corrected chi connectivity index (χ4v) is 1.47. The summed E-state index contributed by atoms with van der Waals surface area (Å²) >= 11 is 0. The van der Waals surface area contributed by atoms with Crippen LogP contribution < -0.4 is 0 Å². The molecule has 0 aliphatic carbocycles. The first kappa shape index (κ1) is 31.8. The predicted octanol–water partition coefficient (Wildman–Crippen LogP) is 4.87. The van der Waals surface area contributed by atoms with Gasteiger partial charge in [0.25, 0.3) is 0 Å². The van der Waals surface area contributed by atoms with Gasteiger partial charge < -0.3 is 33.4 Å². The monoisotopic (exact) mass is 469 g/mol. The summed E-state index contributed by atoms with van der Waals surface area (Å²) in [4.78, 5) is 6.76. The van der Waals surface area contributed by atoms with E-state index in [1.165, 1.54) is 0 Å². The van der Waals surface area contributed by atoms with Crippen LogP contribution >= 0.6 is 0 Å². The van der Waals surface area contributed by atoms with E-state index in [0.717, 1.165) is 12.8 Å². The maximum atomic E-state index is 6.63. The van der Waals surface area contributed by atoms with Gasteiger partial charge in [-0.25, -0.2) is 13.1 Å². The molecule has 0 amide bonds. The minimum absolute atomic E-state index is 0. The Kier molecular flexibility index (Phi) is 41.0. The molecule has 0 spiro atoms. The van der Waals surface area contributed by atoms with Gasteiger partial charge in [-0.15, -0.1) is 0 Å². The van der Waals surface area contributed by atoms with Gasteiger partial charge in [-0.2, -0.15) is 0 Å². The molecule has 0 fully saturated rings. The first-order valence-corrected chi connectivity index (χ1v) is 6.51. The van der Waals surface area contributed by atoms with Crippen LogP contribution in [0.5, 0.6) is 0 Å². The molecular weight excluding hydrogens is 443 g/mol. The van der Waals surface area contributed by atoms with E-state index in [1.54, 1.807) is 0 Å². The van der Waals surface area contributed by atoms with Crippen LogP contribution in [0.4, 0.5) is 0 Å². The topological polar surface area (TPSA) is 56.3 Å². The molecule has 0 aromatic rings. The smallest absolute Gasteiger partial charge is 0.512 e. The van der Waals surface area contributed by atoms with E-state index in [-0.39, 0.29) is 33.1 Å². The third-order valence-corrected chi connectivity index (χ3v) is 2.07. The molecule has 0 heterocycles. The molecule has 2 atom stereocenters. The summed E-state index contributed by atoms with van der Waals surface area (Å²) in [5, 5.41) is 12.5. The van der Waals surface area contributed by atoms with Gasteiger partial charge in [-0.1, -0.05) is 27.7 Å². The molecular formula is C16H26N4Pt. The minimum atomic E-state index is 0. The van der Waals surface area contributed by atoms with Crippen molar-refractivity contribution in [1.29, 1.82) is 10.5 Å². The molecule has 0 bridgehead atoms. The second-order valence-corrected chi connectivity index (χ2v) is 5.22. The van der Waals surface area contributed by atoms with Crippen LogP contribution in [-0.4, -0.2) is 12.1 Å². The number of hydrogen-bond acceptors (Lipinski definition) is 2. The van der Waals surface area contributed by atoms with Crippen molar-refractivity contribution in [3.8, 4) is 0 Å². The molecule has 4 nitrogen and oxygen atoms in total. The van der Waals surface area contributed by atoms with E-state index in [0.29, 0.717) is 11.8 Å². The summed E-state index contributed by atoms with van der Waals surface area (Å²) in [5.41, 5.74) is 0. The Morgan fingerprint density at radius 1 is 0.667 bits per heavy atom. The zero-order valence-electron chi connectivity index (χ0n) is 13.8. The fraction of sp³-hybridized carbons (Fsp3) is 0.750. The maximum absolute atomic E-state index is 6.63. The summed E-state index contributed by atoms with van der Waals surface area (Å²) in [7, 11) is 0. The Labute approximate surface area is 146 Å². The van der Waals surface area contributed by atoms with E-state index in [2.05, 4.69) is 37.4 Å². The largest absolute Gasteiger partial charge is 2.00 e. The Bertz CT molecular complexity index is 276. The quantitative estimate of drug-likeness (QED) is 0.552. The molecule has 0 rings (SSSR count).